The van der Waals surface area contributed by atoms with Crippen molar-refractivity contribution in [2.45, 2.75) is 70.5 Å². The van der Waals surface area contributed by atoms with Gasteiger partial charge in [0.15, 0.2) is 5.78 Å². The van der Waals surface area contributed by atoms with Gasteiger partial charge in [-0.15, -0.1) is 0 Å². The van der Waals surface area contributed by atoms with Crippen molar-refractivity contribution >= 4 is 5.78 Å². The highest BCUT2D eigenvalue weighted by molar-refractivity contribution is 5.98. The molecule has 2 atom stereocenters. The average Bonchev–Trinajstić information content (AvgIpc) is 2.89. The van der Waals surface area contributed by atoms with Crippen LogP contribution >= 0.6 is 0 Å². The van der Waals surface area contributed by atoms with Gasteiger partial charge in [0.1, 0.15) is 0 Å². The minimum absolute atomic E-state index is 0.0777. The van der Waals surface area contributed by atoms with Crippen LogP contribution in [0, 0.1) is 5.92 Å². The SMILES string of the molecule is CC(C)(C)c1cccc(C(=O)C2CC3CCC(C2)N3Cc2ccccc2)c1. The fraction of sp³-hybridized carbons (Fsp3) is 0.480. The number of nitrogens with zero attached hydrogens (tertiary/aromatic N) is 1. The minimum atomic E-state index is 0.0777. The second-order valence-electron chi connectivity index (χ2n) is 9.41. The zero-order chi connectivity index (χ0) is 19.0. The zero-order valence-electron chi connectivity index (χ0n) is 16.8. The number of Topliss-reactive ketones (excluding diaryl/α,β-unsaturated/α-hetero) is 1. The Hall–Kier alpha value is -1.93. The van der Waals surface area contributed by atoms with E-state index < -0.39 is 0 Å². The van der Waals surface area contributed by atoms with Crippen LogP contribution in [0.4, 0.5) is 0 Å². The van der Waals surface area contributed by atoms with Crippen LogP contribution in [0.15, 0.2) is 54.6 Å². The van der Waals surface area contributed by atoms with E-state index in [1.807, 2.05) is 12.1 Å². The van der Waals surface area contributed by atoms with E-state index in [-0.39, 0.29) is 11.3 Å². The molecule has 2 aliphatic heterocycles. The average molecular weight is 362 g/mol. The van der Waals surface area contributed by atoms with Gasteiger partial charge in [-0.05, 0) is 48.3 Å². The van der Waals surface area contributed by atoms with E-state index >= 15 is 0 Å². The van der Waals surface area contributed by atoms with Crippen molar-refractivity contribution in [1.82, 2.24) is 4.90 Å². The summed E-state index contributed by atoms with van der Waals surface area (Å²) in [7, 11) is 0. The number of fused-ring (bicyclic) bond motifs is 2. The smallest absolute Gasteiger partial charge is 0.166 e. The van der Waals surface area contributed by atoms with Crippen molar-refractivity contribution in [2.75, 3.05) is 0 Å². The molecule has 0 aliphatic carbocycles. The zero-order valence-corrected chi connectivity index (χ0v) is 16.8. The largest absolute Gasteiger partial charge is 0.294 e. The Bertz CT molecular complexity index is 791. The molecule has 2 unspecified atom stereocenters. The standard InChI is InChI=1S/C25H31NO/c1-25(2,3)21-11-7-10-19(14-21)24(27)20-15-22-12-13-23(16-20)26(22)17-18-8-5-4-6-9-18/h4-11,14,20,22-23H,12-13,15-17H2,1-3H3. The second kappa shape index (κ2) is 7.24. The molecule has 2 aromatic rings. The molecule has 0 amide bonds. The molecule has 2 aliphatic rings. The van der Waals surface area contributed by atoms with Gasteiger partial charge < -0.3 is 0 Å². The first-order chi connectivity index (χ1) is 12.9. The highest BCUT2D eigenvalue weighted by Crippen LogP contribution is 2.41. The van der Waals surface area contributed by atoms with Gasteiger partial charge >= 0.3 is 0 Å². The normalized spacial score (nSPS) is 25.5. The number of piperidine rings is 1. The first-order valence-electron chi connectivity index (χ1n) is 10.4. The third-order valence-corrected chi connectivity index (χ3v) is 6.48. The molecule has 0 radical (unpaired) electrons. The van der Waals surface area contributed by atoms with Gasteiger partial charge in [0.25, 0.3) is 0 Å². The van der Waals surface area contributed by atoms with Gasteiger partial charge in [-0.2, -0.15) is 0 Å². The number of hydrogen-bond donors (Lipinski definition) is 0. The van der Waals surface area contributed by atoms with Crippen LogP contribution < -0.4 is 0 Å². The van der Waals surface area contributed by atoms with Crippen LogP contribution in [0.3, 0.4) is 0 Å². The molecule has 0 aromatic heterocycles. The van der Waals surface area contributed by atoms with Crippen LogP contribution in [-0.2, 0) is 12.0 Å². The maximum absolute atomic E-state index is 13.2. The first kappa shape index (κ1) is 18.4. The molecule has 2 nitrogen and oxygen atoms in total. The van der Waals surface area contributed by atoms with Gasteiger partial charge in [0, 0.05) is 30.1 Å². The van der Waals surface area contributed by atoms with Crippen molar-refractivity contribution in [3.63, 3.8) is 0 Å². The maximum Gasteiger partial charge on any atom is 0.166 e. The van der Waals surface area contributed by atoms with Crippen molar-refractivity contribution < 1.29 is 4.79 Å². The Kier molecular flexibility index (Phi) is 4.94. The van der Waals surface area contributed by atoms with E-state index in [0.29, 0.717) is 17.9 Å². The van der Waals surface area contributed by atoms with E-state index in [1.54, 1.807) is 0 Å². The van der Waals surface area contributed by atoms with Gasteiger partial charge in [-0.1, -0.05) is 69.3 Å². The summed E-state index contributed by atoms with van der Waals surface area (Å²) in [5.41, 5.74) is 3.62. The molecule has 2 heterocycles. The van der Waals surface area contributed by atoms with Gasteiger partial charge in [-0.3, -0.25) is 9.69 Å². The van der Waals surface area contributed by atoms with E-state index in [9.17, 15) is 4.79 Å². The molecule has 0 spiro atoms. The van der Waals surface area contributed by atoms with E-state index in [2.05, 4.69) is 68.1 Å². The summed E-state index contributed by atoms with van der Waals surface area (Å²) in [6.07, 6.45) is 4.51. The molecular weight excluding hydrogens is 330 g/mol. The molecule has 4 rings (SSSR count). The molecule has 2 fully saturated rings. The molecule has 142 valence electrons. The number of benzene rings is 2. The summed E-state index contributed by atoms with van der Waals surface area (Å²) in [5.74, 6) is 0.544. The number of carbonyl (C=O) groups is 1. The number of carbonyl (C=O) groups excluding carboxylic acids is 1. The second-order valence-corrected chi connectivity index (χ2v) is 9.41. The topological polar surface area (TPSA) is 20.3 Å². The Labute approximate surface area is 163 Å². The van der Waals surface area contributed by atoms with Crippen molar-refractivity contribution in [3.05, 3.63) is 71.3 Å². The fourth-order valence-electron chi connectivity index (χ4n) is 4.92. The third-order valence-electron chi connectivity index (χ3n) is 6.48. The number of hydrogen-bond acceptors (Lipinski definition) is 2. The predicted octanol–water partition coefficient (Wildman–Crippen LogP) is 5.61. The van der Waals surface area contributed by atoms with Crippen LogP contribution in [0.2, 0.25) is 0 Å². The number of rotatable bonds is 4. The van der Waals surface area contributed by atoms with Crippen LogP contribution in [0.1, 0.15) is 67.9 Å². The summed E-state index contributed by atoms with van der Waals surface area (Å²) >= 11 is 0. The van der Waals surface area contributed by atoms with Crippen LogP contribution in [0.5, 0.6) is 0 Å². The Morgan fingerprint density at radius 2 is 1.63 bits per heavy atom. The number of ketones is 1. The monoisotopic (exact) mass is 361 g/mol. The third kappa shape index (κ3) is 3.87. The Morgan fingerprint density at radius 3 is 2.26 bits per heavy atom. The molecule has 2 saturated heterocycles. The summed E-state index contributed by atoms with van der Waals surface area (Å²) in [6.45, 7) is 7.65. The van der Waals surface area contributed by atoms with E-state index in [4.69, 9.17) is 0 Å². The van der Waals surface area contributed by atoms with Crippen molar-refractivity contribution in [1.29, 1.82) is 0 Å². The van der Waals surface area contributed by atoms with Gasteiger partial charge in [0.05, 0.1) is 0 Å². The van der Waals surface area contributed by atoms with E-state index in [0.717, 1.165) is 24.9 Å². The summed E-state index contributed by atoms with van der Waals surface area (Å²) in [4.78, 5) is 15.9. The Balaban J connectivity index is 1.48. The lowest BCUT2D eigenvalue weighted by atomic mass is 9.81. The van der Waals surface area contributed by atoms with Crippen molar-refractivity contribution in [2.24, 2.45) is 5.92 Å². The molecule has 2 heteroatoms. The first-order valence-corrected chi connectivity index (χ1v) is 10.4. The molecule has 0 saturated carbocycles. The van der Waals surface area contributed by atoms with Crippen LogP contribution in [-0.4, -0.2) is 22.8 Å². The van der Waals surface area contributed by atoms with E-state index in [1.165, 1.54) is 24.0 Å². The molecule has 27 heavy (non-hydrogen) atoms. The molecule has 0 N–H and O–H groups in total. The van der Waals surface area contributed by atoms with Crippen LogP contribution in [0.25, 0.3) is 0 Å². The lowest BCUT2D eigenvalue weighted by Gasteiger charge is -2.38. The maximum atomic E-state index is 13.2. The molecular formula is C25H31NO. The highest BCUT2D eigenvalue weighted by atomic mass is 16.1. The summed E-state index contributed by atoms with van der Waals surface area (Å²) in [6, 6.07) is 20.2. The summed E-state index contributed by atoms with van der Waals surface area (Å²) < 4.78 is 0. The highest BCUT2D eigenvalue weighted by Gasteiger charge is 2.42. The fourth-order valence-corrected chi connectivity index (χ4v) is 4.92. The quantitative estimate of drug-likeness (QED) is 0.660. The van der Waals surface area contributed by atoms with Gasteiger partial charge in [-0.25, -0.2) is 0 Å². The Morgan fingerprint density at radius 1 is 0.963 bits per heavy atom. The lowest BCUT2D eigenvalue weighted by Crippen LogP contribution is -2.44. The molecule has 2 bridgehead atoms. The molecule has 2 aromatic carbocycles. The minimum Gasteiger partial charge on any atom is -0.294 e. The summed E-state index contributed by atoms with van der Waals surface area (Å²) in [5, 5.41) is 0. The van der Waals surface area contributed by atoms with Gasteiger partial charge in [0.2, 0.25) is 0 Å². The lowest BCUT2D eigenvalue weighted by molar-refractivity contribution is 0.0678. The predicted molar refractivity (Wildman–Crippen MR) is 111 cm³/mol. The van der Waals surface area contributed by atoms with Crippen molar-refractivity contribution in [3.8, 4) is 0 Å².